The molecule has 0 bridgehead atoms. The number of fused-ring (bicyclic) bond motifs is 3. The van der Waals surface area contributed by atoms with Crippen molar-refractivity contribution in [2.75, 3.05) is 19.0 Å². The summed E-state index contributed by atoms with van der Waals surface area (Å²) in [5.41, 5.74) is 2.83. The van der Waals surface area contributed by atoms with Gasteiger partial charge >= 0.3 is 0 Å². The van der Waals surface area contributed by atoms with Gasteiger partial charge in [-0.1, -0.05) is 6.07 Å². The molecule has 0 fully saturated rings. The summed E-state index contributed by atoms with van der Waals surface area (Å²) < 4.78 is 7.38. The van der Waals surface area contributed by atoms with Crippen molar-refractivity contribution >= 4 is 5.69 Å². The Balaban J connectivity index is 1.93. The third-order valence-corrected chi connectivity index (χ3v) is 3.73. The first-order chi connectivity index (χ1) is 10.9. The zero-order valence-electron chi connectivity index (χ0n) is 12.2. The number of methoxy groups -OCH3 is 1. The highest BCUT2D eigenvalue weighted by Crippen LogP contribution is 2.31. The van der Waals surface area contributed by atoms with Gasteiger partial charge in [0.15, 0.2) is 5.82 Å². The van der Waals surface area contributed by atoms with Crippen LogP contribution in [-0.2, 0) is 6.42 Å². The Labute approximate surface area is 127 Å². The minimum atomic E-state index is 0.755. The molecule has 0 saturated heterocycles. The molecule has 6 heteroatoms. The van der Waals surface area contributed by atoms with Crippen molar-refractivity contribution in [1.29, 1.82) is 0 Å². The van der Waals surface area contributed by atoms with Crippen molar-refractivity contribution in [3.63, 3.8) is 0 Å². The lowest BCUT2D eigenvalue weighted by Crippen LogP contribution is -2.03. The topological polar surface area (TPSA) is 64.9 Å². The van der Waals surface area contributed by atoms with E-state index in [2.05, 4.69) is 25.1 Å². The first-order valence-corrected chi connectivity index (χ1v) is 7.15. The zero-order chi connectivity index (χ0) is 14.9. The van der Waals surface area contributed by atoms with Gasteiger partial charge in [0.05, 0.1) is 18.5 Å². The maximum absolute atomic E-state index is 5.31. The lowest BCUT2D eigenvalue weighted by molar-refractivity contribution is 0.415. The highest BCUT2D eigenvalue weighted by molar-refractivity contribution is 5.68. The van der Waals surface area contributed by atoms with Crippen LogP contribution in [0.4, 0.5) is 5.69 Å². The van der Waals surface area contributed by atoms with E-state index in [1.54, 1.807) is 13.3 Å². The number of nitrogens with zero attached hydrogens (tertiary/aromatic N) is 4. The van der Waals surface area contributed by atoms with Crippen molar-refractivity contribution < 1.29 is 4.74 Å². The average molecular weight is 293 g/mol. The molecule has 0 atom stereocenters. The van der Waals surface area contributed by atoms with E-state index in [4.69, 9.17) is 4.74 Å². The number of aromatic nitrogens is 4. The van der Waals surface area contributed by atoms with Gasteiger partial charge in [-0.05, 0) is 24.3 Å². The molecule has 0 spiro atoms. The molecule has 1 N–H and O–H groups in total. The van der Waals surface area contributed by atoms with Crippen molar-refractivity contribution in [2.24, 2.45) is 0 Å². The van der Waals surface area contributed by atoms with Crippen LogP contribution in [0.3, 0.4) is 0 Å². The summed E-state index contributed by atoms with van der Waals surface area (Å²) >= 11 is 0. The molecule has 0 aliphatic carbocycles. The van der Waals surface area contributed by atoms with Gasteiger partial charge in [-0.3, -0.25) is 9.55 Å². The predicted octanol–water partition coefficient (Wildman–Crippen LogP) is 2.31. The molecule has 22 heavy (non-hydrogen) atoms. The molecule has 6 nitrogen and oxygen atoms in total. The smallest absolute Gasteiger partial charge is 0.187 e. The molecule has 1 aromatic carbocycles. The van der Waals surface area contributed by atoms with Crippen LogP contribution in [0.1, 0.15) is 5.82 Å². The van der Waals surface area contributed by atoms with Crippen LogP contribution in [0.25, 0.3) is 17.2 Å². The van der Waals surface area contributed by atoms with Gasteiger partial charge in [0, 0.05) is 25.2 Å². The molecule has 3 aromatic rings. The average Bonchev–Trinajstić information content (AvgIpc) is 2.91. The van der Waals surface area contributed by atoms with Gasteiger partial charge < -0.3 is 10.1 Å². The molecule has 0 amide bonds. The van der Waals surface area contributed by atoms with Crippen molar-refractivity contribution in [2.45, 2.75) is 6.42 Å². The molecule has 3 heterocycles. The molecule has 110 valence electrons. The van der Waals surface area contributed by atoms with Crippen molar-refractivity contribution in [3.8, 4) is 23.0 Å². The number of hydrogen-bond donors (Lipinski definition) is 1. The first-order valence-electron chi connectivity index (χ1n) is 7.15. The summed E-state index contributed by atoms with van der Waals surface area (Å²) in [6.07, 6.45) is 2.57. The first kappa shape index (κ1) is 12.8. The summed E-state index contributed by atoms with van der Waals surface area (Å²) in [5.74, 6) is 2.50. The van der Waals surface area contributed by atoms with Gasteiger partial charge in [-0.15, -0.1) is 10.2 Å². The van der Waals surface area contributed by atoms with E-state index in [1.807, 2.05) is 36.4 Å². The molecule has 2 aromatic heterocycles. The Kier molecular flexibility index (Phi) is 3.00. The van der Waals surface area contributed by atoms with Gasteiger partial charge in [-0.25, -0.2) is 0 Å². The molecule has 0 saturated carbocycles. The van der Waals surface area contributed by atoms with Crippen molar-refractivity contribution in [3.05, 3.63) is 48.4 Å². The Hall–Kier alpha value is -2.89. The highest BCUT2D eigenvalue weighted by Gasteiger charge is 2.21. The fourth-order valence-corrected chi connectivity index (χ4v) is 2.68. The van der Waals surface area contributed by atoms with E-state index >= 15 is 0 Å². The summed E-state index contributed by atoms with van der Waals surface area (Å²) in [6.45, 7) is 0.806. The Morgan fingerprint density at radius 3 is 2.95 bits per heavy atom. The Morgan fingerprint density at radius 1 is 1.18 bits per heavy atom. The number of pyridine rings is 1. The van der Waals surface area contributed by atoms with Crippen LogP contribution in [0.2, 0.25) is 0 Å². The van der Waals surface area contributed by atoms with Crippen LogP contribution in [-0.4, -0.2) is 33.4 Å². The molecule has 0 radical (unpaired) electrons. The zero-order valence-corrected chi connectivity index (χ0v) is 12.2. The Morgan fingerprint density at radius 2 is 2.14 bits per heavy atom. The third kappa shape index (κ3) is 2.00. The van der Waals surface area contributed by atoms with Gasteiger partial charge in [0.25, 0.3) is 0 Å². The second-order valence-corrected chi connectivity index (χ2v) is 5.05. The second kappa shape index (κ2) is 5.14. The molecular formula is C16H15N5O. The van der Waals surface area contributed by atoms with E-state index in [1.165, 1.54) is 0 Å². The van der Waals surface area contributed by atoms with Gasteiger partial charge in [0.2, 0.25) is 0 Å². The number of benzene rings is 1. The van der Waals surface area contributed by atoms with Crippen LogP contribution >= 0.6 is 0 Å². The van der Waals surface area contributed by atoms with E-state index in [0.29, 0.717) is 0 Å². The van der Waals surface area contributed by atoms with E-state index in [0.717, 1.165) is 47.4 Å². The summed E-state index contributed by atoms with van der Waals surface area (Å²) in [4.78, 5) is 4.40. The number of ether oxygens (including phenoxy) is 1. The quantitative estimate of drug-likeness (QED) is 0.785. The highest BCUT2D eigenvalue weighted by atomic mass is 16.5. The predicted molar refractivity (Wildman–Crippen MR) is 83.3 cm³/mol. The van der Waals surface area contributed by atoms with Crippen LogP contribution in [0, 0.1) is 0 Å². The summed E-state index contributed by atoms with van der Waals surface area (Å²) in [7, 11) is 1.67. The minimum absolute atomic E-state index is 0.755. The van der Waals surface area contributed by atoms with E-state index in [9.17, 15) is 0 Å². The number of rotatable bonds is 2. The standard InChI is InChI=1S/C16H15N5O/c1-22-11-5-6-14-13(10-11)18-9-7-15-19-20-16(21(14)15)12-4-2-3-8-17-12/h2-6,8,10,18H,7,9H2,1H3. The minimum Gasteiger partial charge on any atom is -0.497 e. The summed E-state index contributed by atoms with van der Waals surface area (Å²) in [6, 6.07) is 11.7. The number of anilines is 1. The van der Waals surface area contributed by atoms with Crippen LogP contribution in [0.5, 0.6) is 5.75 Å². The molecular weight excluding hydrogens is 278 g/mol. The van der Waals surface area contributed by atoms with Crippen LogP contribution < -0.4 is 10.1 Å². The van der Waals surface area contributed by atoms with E-state index in [-0.39, 0.29) is 0 Å². The molecule has 0 unspecified atom stereocenters. The van der Waals surface area contributed by atoms with Gasteiger partial charge in [0.1, 0.15) is 17.3 Å². The number of nitrogens with one attached hydrogen (secondary N) is 1. The number of hydrogen-bond acceptors (Lipinski definition) is 5. The fraction of sp³-hybridized carbons (Fsp3) is 0.188. The normalized spacial score (nSPS) is 12.8. The second-order valence-electron chi connectivity index (χ2n) is 5.05. The molecule has 1 aliphatic rings. The van der Waals surface area contributed by atoms with E-state index < -0.39 is 0 Å². The van der Waals surface area contributed by atoms with Crippen molar-refractivity contribution in [1.82, 2.24) is 19.7 Å². The largest absolute Gasteiger partial charge is 0.497 e. The maximum Gasteiger partial charge on any atom is 0.187 e. The molecule has 1 aliphatic heterocycles. The summed E-state index contributed by atoms with van der Waals surface area (Å²) in [5, 5.41) is 12.1. The Bertz CT molecular complexity index is 813. The van der Waals surface area contributed by atoms with Crippen LogP contribution in [0.15, 0.2) is 42.6 Å². The fourth-order valence-electron chi connectivity index (χ4n) is 2.68. The monoisotopic (exact) mass is 293 g/mol. The molecule has 4 rings (SSSR count). The maximum atomic E-state index is 5.31. The van der Waals surface area contributed by atoms with Gasteiger partial charge in [-0.2, -0.15) is 0 Å². The third-order valence-electron chi connectivity index (χ3n) is 3.73. The lowest BCUT2D eigenvalue weighted by atomic mass is 10.2. The lowest BCUT2D eigenvalue weighted by Gasteiger charge is -2.13. The SMILES string of the molecule is COc1ccc2c(c1)NCCc1nnc(-c3ccccn3)n1-2.